The van der Waals surface area contributed by atoms with Crippen LogP contribution in [-0.2, 0) is 0 Å². The lowest BCUT2D eigenvalue weighted by Gasteiger charge is -2.08. The first kappa shape index (κ1) is 14.4. The lowest BCUT2D eigenvalue weighted by molar-refractivity contribution is 0.415. The monoisotopic (exact) mass is 289 g/mol. The zero-order valence-corrected chi connectivity index (χ0v) is 11.9. The summed E-state index contributed by atoms with van der Waals surface area (Å²) in [6, 6.07) is 15.0. The Morgan fingerprint density at radius 2 is 1.90 bits per heavy atom. The number of hydrogen-bond acceptors (Lipinski definition) is 4. The first-order valence-electron chi connectivity index (χ1n) is 6.16. The highest BCUT2D eigenvalue weighted by Gasteiger charge is 2.05. The summed E-state index contributed by atoms with van der Waals surface area (Å²) in [6.07, 6.45) is 0. The first-order chi connectivity index (χ1) is 9.74. The van der Waals surface area contributed by atoms with Crippen molar-refractivity contribution in [1.29, 1.82) is 0 Å². The summed E-state index contributed by atoms with van der Waals surface area (Å²) in [5.74, 6) is 0.796. The Morgan fingerprint density at radius 3 is 2.50 bits per heavy atom. The van der Waals surface area contributed by atoms with Gasteiger partial charge >= 0.3 is 0 Å². The van der Waals surface area contributed by atoms with Gasteiger partial charge in [0.05, 0.1) is 18.5 Å². The number of nitrogens with two attached hydrogens (primary N) is 1. The molecule has 0 aliphatic rings. The molecular weight excluding hydrogens is 274 g/mol. The lowest BCUT2D eigenvalue weighted by Crippen LogP contribution is -2.17. The molecule has 0 fully saturated rings. The molecule has 0 atom stereocenters. The van der Waals surface area contributed by atoms with Crippen molar-refractivity contribution in [2.24, 2.45) is 10.8 Å². The summed E-state index contributed by atoms with van der Waals surface area (Å²) in [5, 5.41) is 4.95. The molecule has 5 heteroatoms. The van der Waals surface area contributed by atoms with Gasteiger partial charge in [0.25, 0.3) is 0 Å². The second-order valence-corrected chi connectivity index (χ2v) is 4.49. The van der Waals surface area contributed by atoms with Crippen LogP contribution in [0.25, 0.3) is 0 Å². The molecule has 2 aromatic carbocycles. The van der Waals surface area contributed by atoms with Crippen LogP contribution in [0, 0.1) is 0 Å². The fourth-order valence-electron chi connectivity index (χ4n) is 1.71. The van der Waals surface area contributed by atoms with Crippen LogP contribution in [0.4, 0.5) is 5.69 Å². The van der Waals surface area contributed by atoms with Crippen LogP contribution < -0.4 is 15.9 Å². The summed E-state index contributed by atoms with van der Waals surface area (Å²) >= 11 is 6.14. The summed E-state index contributed by atoms with van der Waals surface area (Å²) in [7, 11) is 1.63. The minimum Gasteiger partial charge on any atom is -0.497 e. The van der Waals surface area contributed by atoms with Gasteiger partial charge in [-0.15, -0.1) is 0 Å². The number of halogens is 1. The molecule has 20 heavy (non-hydrogen) atoms. The van der Waals surface area contributed by atoms with E-state index in [4.69, 9.17) is 22.1 Å². The van der Waals surface area contributed by atoms with Gasteiger partial charge in [-0.2, -0.15) is 5.10 Å². The molecule has 0 bridgehead atoms. The Labute approximate surface area is 123 Å². The number of nitrogens with zero attached hydrogens (tertiary/aromatic N) is 1. The molecule has 0 unspecified atom stereocenters. The maximum absolute atomic E-state index is 6.14. The van der Waals surface area contributed by atoms with Crippen molar-refractivity contribution in [3.8, 4) is 5.75 Å². The predicted molar refractivity (Wildman–Crippen MR) is 83.7 cm³/mol. The van der Waals surface area contributed by atoms with Gasteiger partial charge in [0.2, 0.25) is 0 Å². The third kappa shape index (κ3) is 3.50. The molecule has 0 heterocycles. The summed E-state index contributed by atoms with van der Waals surface area (Å²) in [4.78, 5) is 0. The standard InChI is InChI=1S/C15H16ClN3O/c1-20-12-8-6-11(7-9-12)18-19-15(10-17)13-4-2-3-5-14(13)16/h2-9,18H,10,17H2,1H3/b19-15+. The SMILES string of the molecule is COc1ccc(N/N=C(\CN)c2ccccc2Cl)cc1. The number of anilines is 1. The molecule has 0 spiro atoms. The topological polar surface area (TPSA) is 59.6 Å². The maximum Gasteiger partial charge on any atom is 0.119 e. The van der Waals surface area contributed by atoms with Crippen molar-refractivity contribution in [3.63, 3.8) is 0 Å². The van der Waals surface area contributed by atoms with Crippen molar-refractivity contribution in [3.05, 3.63) is 59.1 Å². The van der Waals surface area contributed by atoms with E-state index in [0.717, 1.165) is 17.0 Å². The quantitative estimate of drug-likeness (QED) is 0.657. The Morgan fingerprint density at radius 1 is 1.20 bits per heavy atom. The van der Waals surface area contributed by atoms with E-state index < -0.39 is 0 Å². The molecule has 3 N–H and O–H groups in total. The molecule has 0 radical (unpaired) electrons. The molecule has 0 amide bonds. The zero-order valence-electron chi connectivity index (χ0n) is 11.1. The Balaban J connectivity index is 2.17. The minimum absolute atomic E-state index is 0.299. The van der Waals surface area contributed by atoms with E-state index >= 15 is 0 Å². The van der Waals surface area contributed by atoms with Crippen LogP contribution in [0.1, 0.15) is 5.56 Å². The molecule has 2 aromatic rings. The fourth-order valence-corrected chi connectivity index (χ4v) is 1.95. The molecule has 0 aromatic heterocycles. The van der Waals surface area contributed by atoms with Gasteiger partial charge in [-0.1, -0.05) is 29.8 Å². The molecule has 4 nitrogen and oxygen atoms in total. The third-order valence-corrected chi connectivity index (χ3v) is 3.12. The highest BCUT2D eigenvalue weighted by atomic mass is 35.5. The largest absolute Gasteiger partial charge is 0.497 e. The summed E-state index contributed by atoms with van der Waals surface area (Å²) in [5.41, 5.74) is 11.1. The first-order valence-corrected chi connectivity index (χ1v) is 6.54. The van der Waals surface area contributed by atoms with Crippen LogP contribution in [0.15, 0.2) is 53.6 Å². The van der Waals surface area contributed by atoms with Gasteiger partial charge in [-0.25, -0.2) is 0 Å². The van der Waals surface area contributed by atoms with E-state index in [9.17, 15) is 0 Å². The number of hydrazone groups is 1. The van der Waals surface area contributed by atoms with Crippen LogP contribution >= 0.6 is 11.6 Å². The van der Waals surface area contributed by atoms with E-state index in [1.54, 1.807) is 7.11 Å². The number of benzene rings is 2. The highest BCUT2D eigenvalue weighted by molar-refractivity contribution is 6.34. The molecule has 0 saturated heterocycles. The molecule has 0 aliphatic carbocycles. The van der Waals surface area contributed by atoms with Crippen molar-refractivity contribution in [2.75, 3.05) is 19.1 Å². The number of rotatable bonds is 5. The Hall–Kier alpha value is -2.04. The van der Waals surface area contributed by atoms with Gasteiger partial charge in [-0.3, -0.25) is 5.43 Å². The van der Waals surface area contributed by atoms with Crippen LogP contribution in [0.3, 0.4) is 0 Å². The van der Waals surface area contributed by atoms with Crippen molar-refractivity contribution in [1.82, 2.24) is 0 Å². The Kier molecular flexibility index (Phi) is 4.98. The summed E-state index contributed by atoms with van der Waals surface area (Å²) in [6.45, 7) is 0.299. The van der Waals surface area contributed by atoms with E-state index in [-0.39, 0.29) is 0 Å². The van der Waals surface area contributed by atoms with Gasteiger partial charge in [-0.05, 0) is 30.3 Å². The Bertz CT molecular complexity index is 596. The number of methoxy groups -OCH3 is 1. The minimum atomic E-state index is 0.299. The zero-order chi connectivity index (χ0) is 14.4. The van der Waals surface area contributed by atoms with Crippen LogP contribution in [0.5, 0.6) is 5.75 Å². The van der Waals surface area contributed by atoms with Gasteiger partial charge in [0, 0.05) is 17.1 Å². The average Bonchev–Trinajstić information content (AvgIpc) is 2.50. The molecule has 104 valence electrons. The smallest absolute Gasteiger partial charge is 0.119 e. The number of ether oxygens (including phenoxy) is 1. The van der Waals surface area contributed by atoms with E-state index in [1.807, 2.05) is 48.5 Å². The normalized spacial score (nSPS) is 11.2. The number of hydrogen-bond donors (Lipinski definition) is 2. The van der Waals surface area contributed by atoms with Crippen LogP contribution in [0.2, 0.25) is 5.02 Å². The second kappa shape index (κ2) is 6.93. The van der Waals surface area contributed by atoms with Gasteiger partial charge in [0.15, 0.2) is 0 Å². The molecule has 0 saturated carbocycles. The van der Waals surface area contributed by atoms with E-state index in [0.29, 0.717) is 17.3 Å². The van der Waals surface area contributed by atoms with Crippen LogP contribution in [-0.4, -0.2) is 19.4 Å². The van der Waals surface area contributed by atoms with Crippen molar-refractivity contribution >= 4 is 23.0 Å². The van der Waals surface area contributed by atoms with Gasteiger partial charge < -0.3 is 10.5 Å². The molecular formula is C15H16ClN3O. The third-order valence-electron chi connectivity index (χ3n) is 2.79. The van der Waals surface area contributed by atoms with E-state index in [2.05, 4.69) is 10.5 Å². The molecule has 2 rings (SSSR count). The lowest BCUT2D eigenvalue weighted by atomic mass is 10.1. The second-order valence-electron chi connectivity index (χ2n) is 4.08. The fraction of sp³-hybridized carbons (Fsp3) is 0.133. The average molecular weight is 290 g/mol. The van der Waals surface area contributed by atoms with Gasteiger partial charge in [0.1, 0.15) is 5.75 Å². The van der Waals surface area contributed by atoms with Crippen molar-refractivity contribution in [2.45, 2.75) is 0 Å². The maximum atomic E-state index is 6.14. The molecule has 0 aliphatic heterocycles. The number of nitrogens with one attached hydrogen (secondary N) is 1. The highest BCUT2D eigenvalue weighted by Crippen LogP contribution is 2.17. The van der Waals surface area contributed by atoms with E-state index in [1.165, 1.54) is 0 Å². The van der Waals surface area contributed by atoms with Crippen molar-refractivity contribution < 1.29 is 4.74 Å². The summed E-state index contributed by atoms with van der Waals surface area (Å²) < 4.78 is 5.10. The predicted octanol–water partition coefficient (Wildman–Crippen LogP) is 3.12.